The largest absolute Gasteiger partial charge is 0.397 e. The molecule has 19 heavy (non-hydrogen) atoms. The van der Waals surface area contributed by atoms with Crippen molar-refractivity contribution in [3.63, 3.8) is 0 Å². The Morgan fingerprint density at radius 3 is 2.68 bits per heavy atom. The van der Waals surface area contributed by atoms with Gasteiger partial charge in [-0.1, -0.05) is 5.16 Å². The number of hydrogen-bond acceptors (Lipinski definition) is 7. The van der Waals surface area contributed by atoms with E-state index in [1.807, 2.05) is 0 Å². The summed E-state index contributed by atoms with van der Waals surface area (Å²) in [6.45, 7) is 1.80. The molecule has 3 rings (SSSR count). The minimum Gasteiger partial charge on any atom is -0.397 e. The van der Waals surface area contributed by atoms with Crippen LogP contribution in [0, 0.1) is 6.92 Å². The lowest BCUT2D eigenvalue weighted by molar-refractivity contribution is 0.431. The van der Waals surface area contributed by atoms with Crippen LogP contribution in [-0.2, 0) is 0 Å². The molecule has 0 unspecified atom stereocenters. The SMILES string of the molecule is Cc1nccc(-c2noc(-c3ccc(N)cn3)n2)n1. The first-order chi connectivity index (χ1) is 9.22. The van der Waals surface area contributed by atoms with Gasteiger partial charge < -0.3 is 10.3 Å². The zero-order chi connectivity index (χ0) is 13.2. The van der Waals surface area contributed by atoms with Crippen molar-refractivity contribution >= 4 is 5.69 Å². The first kappa shape index (κ1) is 11.3. The number of nitrogens with zero attached hydrogens (tertiary/aromatic N) is 5. The fraction of sp³-hybridized carbons (Fsp3) is 0.0833. The number of anilines is 1. The molecule has 2 N–H and O–H groups in total. The zero-order valence-corrected chi connectivity index (χ0v) is 10.1. The molecule has 94 valence electrons. The van der Waals surface area contributed by atoms with Crippen molar-refractivity contribution in [2.75, 3.05) is 5.73 Å². The maximum Gasteiger partial charge on any atom is 0.276 e. The molecular weight excluding hydrogens is 244 g/mol. The van der Waals surface area contributed by atoms with Crippen molar-refractivity contribution in [1.82, 2.24) is 25.1 Å². The number of pyridine rings is 1. The van der Waals surface area contributed by atoms with Gasteiger partial charge in [-0.3, -0.25) is 0 Å². The molecule has 3 aromatic heterocycles. The van der Waals surface area contributed by atoms with E-state index in [-0.39, 0.29) is 0 Å². The van der Waals surface area contributed by atoms with Crippen molar-refractivity contribution in [1.29, 1.82) is 0 Å². The smallest absolute Gasteiger partial charge is 0.276 e. The van der Waals surface area contributed by atoms with E-state index < -0.39 is 0 Å². The highest BCUT2D eigenvalue weighted by Gasteiger charge is 2.12. The molecule has 0 saturated heterocycles. The van der Waals surface area contributed by atoms with Gasteiger partial charge in [-0.15, -0.1) is 0 Å². The maximum absolute atomic E-state index is 5.57. The minimum atomic E-state index is 0.325. The third-order valence-electron chi connectivity index (χ3n) is 2.44. The van der Waals surface area contributed by atoms with Crippen molar-refractivity contribution in [3.8, 4) is 23.1 Å². The molecule has 0 spiro atoms. The Morgan fingerprint density at radius 1 is 1.05 bits per heavy atom. The lowest BCUT2D eigenvalue weighted by Crippen LogP contribution is -1.91. The van der Waals surface area contributed by atoms with Gasteiger partial charge in [0.15, 0.2) is 0 Å². The number of rotatable bonds is 2. The second-order valence-electron chi connectivity index (χ2n) is 3.89. The van der Waals surface area contributed by atoms with E-state index in [9.17, 15) is 0 Å². The molecule has 0 saturated carbocycles. The Morgan fingerprint density at radius 2 is 1.95 bits per heavy atom. The van der Waals surface area contributed by atoms with Gasteiger partial charge >= 0.3 is 0 Å². The van der Waals surface area contributed by atoms with Crippen molar-refractivity contribution in [2.45, 2.75) is 6.92 Å². The monoisotopic (exact) mass is 254 g/mol. The van der Waals surface area contributed by atoms with Crippen LogP contribution in [-0.4, -0.2) is 25.1 Å². The van der Waals surface area contributed by atoms with Crippen LogP contribution in [0.5, 0.6) is 0 Å². The summed E-state index contributed by atoms with van der Waals surface area (Å²) in [4.78, 5) is 16.6. The highest BCUT2D eigenvalue weighted by atomic mass is 16.5. The Kier molecular flexibility index (Phi) is 2.64. The molecular formula is C12H10N6O. The number of nitrogen functional groups attached to an aromatic ring is 1. The topological polar surface area (TPSA) is 104 Å². The standard InChI is InChI=1S/C12H10N6O/c1-7-14-5-4-9(16-7)11-17-12(19-18-11)10-3-2-8(13)6-15-10/h2-6H,13H2,1H3. The Balaban J connectivity index is 1.97. The lowest BCUT2D eigenvalue weighted by Gasteiger charge is -1.94. The molecule has 0 aliphatic rings. The van der Waals surface area contributed by atoms with E-state index in [0.29, 0.717) is 34.6 Å². The van der Waals surface area contributed by atoms with Crippen LogP contribution in [0.15, 0.2) is 35.1 Å². The fourth-order valence-electron chi connectivity index (χ4n) is 1.54. The number of aryl methyl sites for hydroxylation is 1. The summed E-state index contributed by atoms with van der Waals surface area (Å²) < 4.78 is 5.16. The van der Waals surface area contributed by atoms with Crippen molar-refractivity contribution in [2.24, 2.45) is 0 Å². The van der Waals surface area contributed by atoms with Gasteiger partial charge in [0.25, 0.3) is 5.89 Å². The number of aromatic nitrogens is 5. The Labute approximate surface area is 108 Å². The summed E-state index contributed by atoms with van der Waals surface area (Å²) in [5.74, 6) is 1.37. The van der Waals surface area contributed by atoms with Crippen LogP contribution in [0.2, 0.25) is 0 Å². The van der Waals surface area contributed by atoms with E-state index in [0.717, 1.165) is 0 Å². The normalized spacial score (nSPS) is 10.6. The van der Waals surface area contributed by atoms with E-state index in [1.54, 1.807) is 31.3 Å². The quantitative estimate of drug-likeness (QED) is 0.738. The highest BCUT2D eigenvalue weighted by Crippen LogP contribution is 2.19. The Hall–Kier alpha value is -2.83. The van der Waals surface area contributed by atoms with Crippen LogP contribution in [0.25, 0.3) is 23.1 Å². The van der Waals surface area contributed by atoms with E-state index >= 15 is 0 Å². The van der Waals surface area contributed by atoms with E-state index in [1.165, 1.54) is 6.20 Å². The summed E-state index contributed by atoms with van der Waals surface area (Å²) in [5.41, 5.74) is 7.33. The Bertz CT molecular complexity index is 706. The third-order valence-corrected chi connectivity index (χ3v) is 2.44. The first-order valence-electron chi connectivity index (χ1n) is 5.58. The average molecular weight is 254 g/mol. The van der Waals surface area contributed by atoms with Crippen molar-refractivity contribution in [3.05, 3.63) is 36.4 Å². The van der Waals surface area contributed by atoms with Crippen LogP contribution in [0.1, 0.15) is 5.82 Å². The first-order valence-corrected chi connectivity index (χ1v) is 5.58. The molecule has 3 heterocycles. The molecule has 7 heteroatoms. The fourth-order valence-corrected chi connectivity index (χ4v) is 1.54. The molecule has 0 fully saturated rings. The second kappa shape index (κ2) is 4.45. The van der Waals surface area contributed by atoms with E-state index in [2.05, 4.69) is 25.1 Å². The third kappa shape index (κ3) is 2.25. The van der Waals surface area contributed by atoms with Gasteiger partial charge in [0.1, 0.15) is 17.2 Å². The van der Waals surface area contributed by atoms with Gasteiger partial charge in [0.05, 0.1) is 11.9 Å². The average Bonchev–Trinajstić information content (AvgIpc) is 2.89. The summed E-state index contributed by atoms with van der Waals surface area (Å²) >= 11 is 0. The van der Waals surface area contributed by atoms with Gasteiger partial charge in [0.2, 0.25) is 5.82 Å². The summed E-state index contributed by atoms with van der Waals surface area (Å²) in [5, 5.41) is 3.88. The van der Waals surface area contributed by atoms with Crippen molar-refractivity contribution < 1.29 is 4.52 Å². The van der Waals surface area contributed by atoms with Gasteiger partial charge in [-0.25, -0.2) is 15.0 Å². The zero-order valence-electron chi connectivity index (χ0n) is 10.1. The number of hydrogen-bond donors (Lipinski definition) is 1. The lowest BCUT2D eigenvalue weighted by atomic mass is 10.3. The molecule has 0 amide bonds. The summed E-state index contributed by atoms with van der Waals surface area (Å²) in [6, 6.07) is 5.16. The molecule has 0 radical (unpaired) electrons. The molecule has 7 nitrogen and oxygen atoms in total. The molecule has 3 aromatic rings. The molecule has 0 aromatic carbocycles. The summed E-state index contributed by atoms with van der Waals surface area (Å²) in [7, 11) is 0. The van der Waals surface area contributed by atoms with Crippen LogP contribution < -0.4 is 5.73 Å². The summed E-state index contributed by atoms with van der Waals surface area (Å²) in [6.07, 6.45) is 3.18. The van der Waals surface area contributed by atoms with Crippen LogP contribution in [0.3, 0.4) is 0 Å². The van der Waals surface area contributed by atoms with Crippen LogP contribution >= 0.6 is 0 Å². The van der Waals surface area contributed by atoms with Gasteiger partial charge in [-0.05, 0) is 25.1 Å². The van der Waals surface area contributed by atoms with E-state index in [4.69, 9.17) is 10.3 Å². The predicted octanol–water partition coefficient (Wildman–Crippen LogP) is 1.48. The highest BCUT2D eigenvalue weighted by molar-refractivity contribution is 5.55. The molecule has 0 aliphatic heterocycles. The predicted molar refractivity (Wildman–Crippen MR) is 67.7 cm³/mol. The van der Waals surface area contributed by atoms with Gasteiger partial charge in [-0.2, -0.15) is 4.98 Å². The maximum atomic E-state index is 5.57. The molecule has 0 aliphatic carbocycles. The van der Waals surface area contributed by atoms with Gasteiger partial charge in [0, 0.05) is 6.20 Å². The number of nitrogens with two attached hydrogens (primary N) is 1. The minimum absolute atomic E-state index is 0.325. The second-order valence-corrected chi connectivity index (χ2v) is 3.89. The van der Waals surface area contributed by atoms with Crippen LogP contribution in [0.4, 0.5) is 5.69 Å². The molecule has 0 atom stereocenters. The molecule has 0 bridgehead atoms.